The molecule has 1 aromatic carbocycles. The molecule has 0 N–H and O–H groups in total. The summed E-state index contributed by atoms with van der Waals surface area (Å²) in [6.07, 6.45) is 4.20. The van der Waals surface area contributed by atoms with E-state index in [-0.39, 0.29) is 11.2 Å². The van der Waals surface area contributed by atoms with Gasteiger partial charge in [0.05, 0.1) is 5.25 Å². The highest BCUT2D eigenvalue weighted by atomic mass is 32.1. The van der Waals surface area contributed by atoms with Crippen molar-refractivity contribution in [2.75, 3.05) is 13.1 Å². The number of amides is 1. The number of thiol groups is 1. The molecule has 0 aliphatic carbocycles. The zero-order valence-electron chi connectivity index (χ0n) is 11.6. The van der Waals surface area contributed by atoms with Crippen LogP contribution in [0.25, 0.3) is 0 Å². The highest BCUT2D eigenvalue weighted by molar-refractivity contribution is 7.81. The van der Waals surface area contributed by atoms with E-state index in [2.05, 4.69) is 31.7 Å². The van der Waals surface area contributed by atoms with Gasteiger partial charge in [-0.25, -0.2) is 0 Å². The van der Waals surface area contributed by atoms with Gasteiger partial charge in [-0.05, 0) is 37.2 Å². The molecule has 2 rings (SSSR count). The first-order chi connectivity index (χ1) is 9.16. The van der Waals surface area contributed by atoms with E-state index >= 15 is 0 Å². The lowest BCUT2D eigenvalue weighted by atomic mass is 10.0. The summed E-state index contributed by atoms with van der Waals surface area (Å²) in [5.74, 6) is 0.937. The van der Waals surface area contributed by atoms with Crippen molar-refractivity contribution in [3.05, 3.63) is 35.9 Å². The van der Waals surface area contributed by atoms with Crippen LogP contribution >= 0.6 is 12.6 Å². The van der Waals surface area contributed by atoms with Gasteiger partial charge >= 0.3 is 0 Å². The minimum Gasteiger partial charge on any atom is -0.342 e. The van der Waals surface area contributed by atoms with Crippen LogP contribution in [0.1, 0.15) is 31.7 Å². The number of hydrogen-bond donors (Lipinski definition) is 1. The minimum absolute atomic E-state index is 0.196. The van der Waals surface area contributed by atoms with Crippen LogP contribution in [0.2, 0.25) is 0 Å². The lowest BCUT2D eigenvalue weighted by molar-refractivity contribution is -0.130. The van der Waals surface area contributed by atoms with E-state index in [9.17, 15) is 4.79 Å². The molecule has 0 radical (unpaired) electrons. The van der Waals surface area contributed by atoms with E-state index in [0.29, 0.717) is 0 Å². The number of carbonyl (C=O) groups is 1. The van der Waals surface area contributed by atoms with E-state index in [1.807, 2.05) is 23.1 Å². The van der Waals surface area contributed by atoms with Crippen LogP contribution in [-0.2, 0) is 11.2 Å². The summed E-state index contributed by atoms with van der Waals surface area (Å²) in [7, 11) is 0. The van der Waals surface area contributed by atoms with Crippen LogP contribution in [0.3, 0.4) is 0 Å². The van der Waals surface area contributed by atoms with Crippen LogP contribution in [0.4, 0.5) is 0 Å². The smallest absolute Gasteiger partial charge is 0.235 e. The largest absolute Gasteiger partial charge is 0.342 e. The fraction of sp³-hybridized carbons (Fsp3) is 0.562. The van der Waals surface area contributed by atoms with Crippen molar-refractivity contribution in [3.63, 3.8) is 0 Å². The first-order valence-corrected chi connectivity index (χ1v) is 7.69. The number of likely N-dealkylation sites (tertiary alicyclic amines) is 1. The Labute approximate surface area is 121 Å². The van der Waals surface area contributed by atoms with Crippen molar-refractivity contribution in [3.8, 4) is 0 Å². The molecule has 2 unspecified atom stereocenters. The second kappa shape index (κ2) is 6.99. The van der Waals surface area contributed by atoms with Gasteiger partial charge in [-0.3, -0.25) is 4.79 Å². The summed E-state index contributed by atoms with van der Waals surface area (Å²) >= 11 is 4.51. The minimum atomic E-state index is -0.212. The van der Waals surface area contributed by atoms with Gasteiger partial charge in [0.25, 0.3) is 0 Å². The van der Waals surface area contributed by atoms with Crippen molar-refractivity contribution in [1.82, 2.24) is 4.90 Å². The maximum absolute atomic E-state index is 12.4. The molecule has 1 aromatic rings. The molecule has 0 bridgehead atoms. The Kier molecular flexibility index (Phi) is 5.32. The van der Waals surface area contributed by atoms with Gasteiger partial charge in [0.15, 0.2) is 0 Å². The maximum Gasteiger partial charge on any atom is 0.235 e. The first-order valence-electron chi connectivity index (χ1n) is 7.17. The van der Waals surface area contributed by atoms with Crippen molar-refractivity contribution >= 4 is 18.5 Å². The van der Waals surface area contributed by atoms with Gasteiger partial charge in [-0.2, -0.15) is 12.6 Å². The second-order valence-corrected chi connectivity index (χ2v) is 6.19. The SMILES string of the molecule is CC1CCCN(C(=O)C(S)Cc2ccccc2)CC1. The van der Waals surface area contributed by atoms with Gasteiger partial charge in [-0.1, -0.05) is 37.3 Å². The highest BCUT2D eigenvalue weighted by Crippen LogP contribution is 2.19. The summed E-state index contributed by atoms with van der Waals surface area (Å²) in [4.78, 5) is 14.4. The maximum atomic E-state index is 12.4. The molecule has 1 saturated heterocycles. The number of nitrogens with zero attached hydrogens (tertiary/aromatic N) is 1. The van der Waals surface area contributed by atoms with Crippen LogP contribution in [0.15, 0.2) is 30.3 Å². The third kappa shape index (κ3) is 4.27. The average molecular weight is 277 g/mol. The summed E-state index contributed by atoms with van der Waals surface area (Å²) < 4.78 is 0. The Hall–Kier alpha value is -0.960. The predicted octanol–water partition coefficient (Wildman–Crippen LogP) is 3.18. The molecule has 1 amide bonds. The highest BCUT2D eigenvalue weighted by Gasteiger charge is 2.23. The van der Waals surface area contributed by atoms with Gasteiger partial charge in [0, 0.05) is 13.1 Å². The molecule has 1 fully saturated rings. The Morgan fingerprint density at radius 1 is 1.32 bits per heavy atom. The van der Waals surface area contributed by atoms with Gasteiger partial charge in [0.2, 0.25) is 5.91 Å². The quantitative estimate of drug-likeness (QED) is 0.841. The van der Waals surface area contributed by atoms with E-state index in [1.165, 1.54) is 12.0 Å². The Morgan fingerprint density at radius 2 is 2.05 bits per heavy atom. The van der Waals surface area contributed by atoms with Crippen LogP contribution in [0, 0.1) is 5.92 Å². The lowest BCUT2D eigenvalue weighted by Gasteiger charge is -2.23. The molecule has 0 aromatic heterocycles. The van der Waals surface area contributed by atoms with Crippen molar-refractivity contribution in [2.24, 2.45) is 5.92 Å². The Bertz CT molecular complexity index is 406. The summed E-state index contributed by atoms with van der Waals surface area (Å²) in [6.45, 7) is 4.07. The van der Waals surface area contributed by atoms with Crippen LogP contribution < -0.4 is 0 Å². The van der Waals surface area contributed by atoms with Crippen LogP contribution in [0.5, 0.6) is 0 Å². The van der Waals surface area contributed by atoms with Gasteiger partial charge in [0.1, 0.15) is 0 Å². The predicted molar refractivity (Wildman–Crippen MR) is 82.5 cm³/mol. The molecular weight excluding hydrogens is 254 g/mol. The number of carbonyl (C=O) groups excluding carboxylic acids is 1. The first kappa shape index (κ1) is 14.4. The molecular formula is C16H23NOS. The van der Waals surface area contributed by atoms with Gasteiger partial charge < -0.3 is 4.90 Å². The van der Waals surface area contributed by atoms with Gasteiger partial charge in [-0.15, -0.1) is 0 Å². The molecule has 104 valence electrons. The van der Waals surface area contributed by atoms with Crippen molar-refractivity contribution < 1.29 is 4.79 Å². The summed E-state index contributed by atoms with van der Waals surface area (Å²) in [6, 6.07) is 10.1. The molecule has 0 spiro atoms. The normalized spacial score (nSPS) is 21.8. The Morgan fingerprint density at radius 3 is 2.79 bits per heavy atom. The molecule has 19 heavy (non-hydrogen) atoms. The summed E-state index contributed by atoms with van der Waals surface area (Å²) in [5.41, 5.74) is 1.18. The van der Waals surface area contributed by atoms with E-state index in [4.69, 9.17) is 0 Å². The zero-order chi connectivity index (χ0) is 13.7. The fourth-order valence-electron chi connectivity index (χ4n) is 2.62. The van der Waals surface area contributed by atoms with Crippen LogP contribution in [-0.4, -0.2) is 29.1 Å². The lowest BCUT2D eigenvalue weighted by Crippen LogP contribution is -2.38. The molecule has 1 aliphatic heterocycles. The second-order valence-electron chi connectivity index (χ2n) is 5.57. The standard InChI is InChI=1S/C16H23NOS/c1-13-6-5-10-17(11-9-13)16(18)15(19)12-14-7-3-2-4-8-14/h2-4,7-8,13,15,19H,5-6,9-12H2,1H3. The molecule has 3 heteroatoms. The Balaban J connectivity index is 1.91. The average Bonchev–Trinajstić information content (AvgIpc) is 2.64. The molecule has 2 atom stereocenters. The van der Waals surface area contributed by atoms with E-state index in [0.717, 1.165) is 38.3 Å². The van der Waals surface area contributed by atoms with E-state index < -0.39 is 0 Å². The monoisotopic (exact) mass is 277 g/mol. The van der Waals surface area contributed by atoms with Crippen molar-refractivity contribution in [1.29, 1.82) is 0 Å². The molecule has 0 saturated carbocycles. The molecule has 1 heterocycles. The molecule has 2 nitrogen and oxygen atoms in total. The third-order valence-corrected chi connectivity index (χ3v) is 4.29. The fourth-order valence-corrected chi connectivity index (χ4v) is 2.99. The third-order valence-electron chi connectivity index (χ3n) is 3.89. The van der Waals surface area contributed by atoms with E-state index in [1.54, 1.807) is 0 Å². The number of hydrogen-bond acceptors (Lipinski definition) is 2. The summed E-state index contributed by atoms with van der Waals surface area (Å²) in [5, 5.41) is -0.212. The molecule has 1 aliphatic rings. The number of rotatable bonds is 3. The topological polar surface area (TPSA) is 20.3 Å². The zero-order valence-corrected chi connectivity index (χ0v) is 12.5. The number of benzene rings is 1. The van der Waals surface area contributed by atoms with Crippen molar-refractivity contribution in [2.45, 2.75) is 37.9 Å².